The summed E-state index contributed by atoms with van der Waals surface area (Å²) < 4.78 is 11.4. The number of fused-ring (bicyclic) bond motifs is 1. The van der Waals surface area contributed by atoms with Gasteiger partial charge in [0, 0.05) is 11.8 Å². The van der Waals surface area contributed by atoms with Crippen molar-refractivity contribution >= 4 is 0 Å². The normalized spacial score (nSPS) is 46.5. The van der Waals surface area contributed by atoms with E-state index in [2.05, 4.69) is 13.8 Å². The zero-order valence-corrected chi connectivity index (χ0v) is 7.95. The fraction of sp³-hybridized carbons (Fsp3) is 1.00. The summed E-state index contributed by atoms with van der Waals surface area (Å²) >= 11 is 0. The molecule has 70 valence electrons. The highest BCUT2D eigenvalue weighted by Gasteiger charge is 2.45. The number of hydrogen-bond acceptors (Lipinski definition) is 2. The second kappa shape index (κ2) is 3.35. The summed E-state index contributed by atoms with van der Waals surface area (Å²) in [6.07, 6.45) is 3.23. The molecule has 0 aromatic rings. The molecule has 4 atom stereocenters. The average Bonchev–Trinajstić information content (AvgIpc) is 2.63. The molecule has 2 aliphatic rings. The molecule has 2 heterocycles. The third kappa shape index (κ3) is 1.17. The van der Waals surface area contributed by atoms with Crippen molar-refractivity contribution in [3.8, 4) is 0 Å². The average molecular weight is 170 g/mol. The Balaban J connectivity index is 2.05. The van der Waals surface area contributed by atoms with Gasteiger partial charge in [0.1, 0.15) is 0 Å². The summed E-state index contributed by atoms with van der Waals surface area (Å²) in [5.41, 5.74) is 0. The van der Waals surface area contributed by atoms with E-state index in [0.29, 0.717) is 24.0 Å². The minimum Gasteiger partial charge on any atom is -0.381 e. The van der Waals surface area contributed by atoms with E-state index in [1.807, 2.05) is 0 Å². The van der Waals surface area contributed by atoms with Crippen molar-refractivity contribution in [1.29, 1.82) is 0 Å². The molecule has 2 rings (SSSR count). The summed E-state index contributed by atoms with van der Waals surface area (Å²) in [4.78, 5) is 0. The summed E-state index contributed by atoms with van der Waals surface area (Å²) in [6.45, 7) is 6.27. The quantitative estimate of drug-likeness (QED) is 0.629. The standard InChI is InChI=1S/C10H18O2/c1-3-9-7-5-11-6-8(7)10(4-2)12-9/h7-10H,3-6H2,1-2H3. The van der Waals surface area contributed by atoms with E-state index in [1.54, 1.807) is 0 Å². The highest BCUT2D eigenvalue weighted by Crippen LogP contribution is 2.39. The molecule has 0 aliphatic carbocycles. The molecule has 2 nitrogen and oxygen atoms in total. The third-order valence-electron chi connectivity index (χ3n) is 3.28. The second-order valence-corrected chi connectivity index (χ2v) is 3.89. The lowest BCUT2D eigenvalue weighted by molar-refractivity contribution is -0.00338. The van der Waals surface area contributed by atoms with Crippen molar-refractivity contribution in [2.24, 2.45) is 11.8 Å². The van der Waals surface area contributed by atoms with Gasteiger partial charge in [0.15, 0.2) is 0 Å². The Hall–Kier alpha value is -0.0800. The van der Waals surface area contributed by atoms with Gasteiger partial charge in [-0.1, -0.05) is 13.8 Å². The smallest absolute Gasteiger partial charge is 0.0631 e. The van der Waals surface area contributed by atoms with Crippen LogP contribution in [0.25, 0.3) is 0 Å². The van der Waals surface area contributed by atoms with Crippen molar-refractivity contribution in [2.75, 3.05) is 13.2 Å². The van der Waals surface area contributed by atoms with Crippen LogP contribution in [0.2, 0.25) is 0 Å². The molecule has 0 spiro atoms. The molecule has 0 amide bonds. The van der Waals surface area contributed by atoms with Crippen LogP contribution in [-0.4, -0.2) is 25.4 Å². The highest BCUT2D eigenvalue weighted by molar-refractivity contribution is 4.92. The van der Waals surface area contributed by atoms with Crippen molar-refractivity contribution in [3.63, 3.8) is 0 Å². The molecule has 2 saturated heterocycles. The van der Waals surface area contributed by atoms with Crippen LogP contribution in [0.4, 0.5) is 0 Å². The second-order valence-electron chi connectivity index (χ2n) is 3.89. The zero-order valence-electron chi connectivity index (χ0n) is 7.95. The zero-order chi connectivity index (χ0) is 8.55. The van der Waals surface area contributed by atoms with Gasteiger partial charge in [-0.3, -0.25) is 0 Å². The van der Waals surface area contributed by atoms with E-state index in [4.69, 9.17) is 9.47 Å². The monoisotopic (exact) mass is 170 g/mol. The van der Waals surface area contributed by atoms with Crippen LogP contribution in [0.15, 0.2) is 0 Å². The highest BCUT2D eigenvalue weighted by atomic mass is 16.5. The maximum absolute atomic E-state index is 5.95. The van der Waals surface area contributed by atoms with Crippen LogP contribution in [0.3, 0.4) is 0 Å². The lowest BCUT2D eigenvalue weighted by atomic mass is 9.89. The maximum Gasteiger partial charge on any atom is 0.0631 e. The maximum atomic E-state index is 5.95. The molecular formula is C10H18O2. The van der Waals surface area contributed by atoms with Crippen LogP contribution >= 0.6 is 0 Å². The van der Waals surface area contributed by atoms with E-state index in [0.717, 1.165) is 26.1 Å². The van der Waals surface area contributed by atoms with Crippen molar-refractivity contribution in [3.05, 3.63) is 0 Å². The number of hydrogen-bond donors (Lipinski definition) is 0. The van der Waals surface area contributed by atoms with Gasteiger partial charge in [0.25, 0.3) is 0 Å². The van der Waals surface area contributed by atoms with Gasteiger partial charge in [-0.25, -0.2) is 0 Å². The summed E-state index contributed by atoms with van der Waals surface area (Å²) in [5.74, 6) is 1.39. The number of ether oxygens (including phenoxy) is 2. The van der Waals surface area contributed by atoms with E-state index < -0.39 is 0 Å². The first kappa shape index (κ1) is 8.52. The fourth-order valence-electron chi connectivity index (χ4n) is 2.58. The predicted molar refractivity (Wildman–Crippen MR) is 47.0 cm³/mol. The van der Waals surface area contributed by atoms with Gasteiger partial charge in [0.05, 0.1) is 25.4 Å². The Kier molecular flexibility index (Phi) is 2.37. The molecule has 2 heteroatoms. The Labute approximate surface area is 74.2 Å². The van der Waals surface area contributed by atoms with Gasteiger partial charge in [0.2, 0.25) is 0 Å². The lowest BCUT2D eigenvalue weighted by Gasteiger charge is -2.14. The Morgan fingerprint density at radius 1 is 1.00 bits per heavy atom. The summed E-state index contributed by atoms with van der Waals surface area (Å²) in [6, 6.07) is 0. The summed E-state index contributed by atoms with van der Waals surface area (Å²) in [7, 11) is 0. The minimum atomic E-state index is 0.474. The van der Waals surface area contributed by atoms with E-state index in [9.17, 15) is 0 Å². The predicted octanol–water partition coefficient (Wildman–Crippen LogP) is 1.84. The van der Waals surface area contributed by atoms with Crippen molar-refractivity contribution in [1.82, 2.24) is 0 Å². The first-order valence-corrected chi connectivity index (χ1v) is 5.10. The SMILES string of the molecule is CCC1OC(CC)C2COCC12. The van der Waals surface area contributed by atoms with E-state index in [-0.39, 0.29) is 0 Å². The molecule has 0 aromatic carbocycles. The van der Waals surface area contributed by atoms with Crippen LogP contribution < -0.4 is 0 Å². The summed E-state index contributed by atoms with van der Waals surface area (Å²) in [5, 5.41) is 0. The van der Waals surface area contributed by atoms with E-state index >= 15 is 0 Å². The molecule has 0 bridgehead atoms. The molecule has 12 heavy (non-hydrogen) atoms. The largest absolute Gasteiger partial charge is 0.381 e. The van der Waals surface area contributed by atoms with Crippen LogP contribution in [0.5, 0.6) is 0 Å². The molecular weight excluding hydrogens is 152 g/mol. The Morgan fingerprint density at radius 3 is 1.92 bits per heavy atom. The minimum absolute atomic E-state index is 0.474. The number of rotatable bonds is 2. The molecule has 2 fully saturated rings. The molecule has 0 aromatic heterocycles. The first-order valence-electron chi connectivity index (χ1n) is 5.10. The van der Waals surface area contributed by atoms with Gasteiger partial charge in [-0.2, -0.15) is 0 Å². The van der Waals surface area contributed by atoms with Crippen LogP contribution in [0, 0.1) is 11.8 Å². The van der Waals surface area contributed by atoms with Crippen molar-refractivity contribution < 1.29 is 9.47 Å². The molecule has 0 radical (unpaired) electrons. The van der Waals surface area contributed by atoms with E-state index in [1.165, 1.54) is 0 Å². The molecule has 0 N–H and O–H groups in total. The van der Waals surface area contributed by atoms with Crippen molar-refractivity contribution in [2.45, 2.75) is 38.9 Å². The molecule has 2 aliphatic heterocycles. The van der Waals surface area contributed by atoms with Gasteiger partial charge < -0.3 is 9.47 Å². The van der Waals surface area contributed by atoms with Gasteiger partial charge >= 0.3 is 0 Å². The molecule has 0 saturated carbocycles. The first-order chi connectivity index (χ1) is 5.86. The van der Waals surface area contributed by atoms with Gasteiger partial charge in [-0.05, 0) is 12.8 Å². The fourth-order valence-corrected chi connectivity index (χ4v) is 2.58. The van der Waals surface area contributed by atoms with Gasteiger partial charge in [-0.15, -0.1) is 0 Å². The van der Waals surface area contributed by atoms with Crippen LogP contribution in [-0.2, 0) is 9.47 Å². The topological polar surface area (TPSA) is 18.5 Å². The van der Waals surface area contributed by atoms with Crippen LogP contribution in [0.1, 0.15) is 26.7 Å². The Morgan fingerprint density at radius 2 is 1.50 bits per heavy atom. The lowest BCUT2D eigenvalue weighted by Crippen LogP contribution is -2.19. The third-order valence-corrected chi connectivity index (χ3v) is 3.28. The molecule has 4 unspecified atom stereocenters. The Bertz CT molecular complexity index is 142.